The molecule has 0 unspecified atom stereocenters. The summed E-state index contributed by atoms with van der Waals surface area (Å²) in [6, 6.07) is 6.03. The second kappa shape index (κ2) is 7.96. The van der Waals surface area contributed by atoms with E-state index in [1.165, 1.54) is 18.9 Å². The van der Waals surface area contributed by atoms with Gasteiger partial charge in [0, 0.05) is 29.9 Å². The first-order valence-corrected chi connectivity index (χ1v) is 10.5. The molecule has 0 radical (unpaired) electrons. The number of carbonyl (C=O) groups is 1. The zero-order valence-electron chi connectivity index (χ0n) is 18.2. The quantitative estimate of drug-likeness (QED) is 0.445. The van der Waals surface area contributed by atoms with Crippen molar-refractivity contribution >= 4 is 16.9 Å². The number of hydrogen-bond acceptors (Lipinski definition) is 6. The van der Waals surface area contributed by atoms with Crippen LogP contribution in [0.2, 0.25) is 0 Å². The van der Waals surface area contributed by atoms with Crippen LogP contribution in [0, 0.1) is 11.8 Å². The lowest BCUT2D eigenvalue weighted by molar-refractivity contribution is -0.138. The van der Waals surface area contributed by atoms with Gasteiger partial charge < -0.3 is 24.9 Å². The molecule has 162 valence electrons. The fraction of sp³-hybridized carbons (Fsp3) is 0.522. The molecule has 0 spiro atoms. The number of ether oxygens (including phenoxy) is 3. The third-order valence-corrected chi connectivity index (χ3v) is 6.88. The van der Waals surface area contributed by atoms with Crippen LogP contribution in [0.4, 0.5) is 0 Å². The maximum atomic E-state index is 12.5. The van der Waals surface area contributed by atoms with E-state index in [-0.39, 0.29) is 11.9 Å². The third-order valence-electron chi connectivity index (χ3n) is 6.88. The summed E-state index contributed by atoms with van der Waals surface area (Å²) < 4.78 is 15.9. The number of H-pyrrole nitrogens is 1. The lowest BCUT2D eigenvalue weighted by Gasteiger charge is -2.52. The molecule has 0 amide bonds. The number of nitrogens with one attached hydrogen (secondary N) is 1. The van der Waals surface area contributed by atoms with E-state index in [2.05, 4.69) is 22.9 Å². The Bertz CT molecular complexity index is 982. The number of benzene rings is 1. The minimum Gasteiger partial charge on any atom is -0.504 e. The molecule has 0 bridgehead atoms. The summed E-state index contributed by atoms with van der Waals surface area (Å²) in [4.78, 5) is 18.5. The predicted molar refractivity (Wildman–Crippen MR) is 115 cm³/mol. The monoisotopic (exact) mass is 413 g/mol. The molecular formula is C23H31N3O4. The first kappa shape index (κ1) is 20.8. The van der Waals surface area contributed by atoms with E-state index >= 15 is 0 Å². The summed E-state index contributed by atoms with van der Waals surface area (Å²) in [7, 11) is 4.66. The summed E-state index contributed by atoms with van der Waals surface area (Å²) in [6.07, 6.45) is 3.99. The van der Waals surface area contributed by atoms with Gasteiger partial charge in [0.05, 0.1) is 38.9 Å². The van der Waals surface area contributed by atoms with Crippen molar-refractivity contribution in [2.45, 2.75) is 31.8 Å². The molecule has 7 heteroatoms. The molecule has 1 saturated heterocycles. The fourth-order valence-electron chi connectivity index (χ4n) is 5.38. The molecule has 3 heterocycles. The van der Waals surface area contributed by atoms with Gasteiger partial charge in [0.2, 0.25) is 0 Å². The Morgan fingerprint density at radius 1 is 1.37 bits per heavy atom. The third kappa shape index (κ3) is 3.08. The van der Waals surface area contributed by atoms with Crippen molar-refractivity contribution < 1.29 is 19.0 Å². The van der Waals surface area contributed by atoms with E-state index < -0.39 is 5.66 Å². The normalized spacial score (nSPS) is 26.8. The molecule has 0 aliphatic carbocycles. The van der Waals surface area contributed by atoms with Crippen LogP contribution >= 0.6 is 0 Å². The van der Waals surface area contributed by atoms with Crippen molar-refractivity contribution in [3.8, 4) is 5.75 Å². The zero-order valence-corrected chi connectivity index (χ0v) is 18.2. The molecule has 2 aliphatic rings. The number of esters is 1. The molecule has 0 saturated carbocycles. The SMILES string of the molecule is CC[C@@H]1CN2CCc3c([nH]c4cccc(OC)c34)[C@]2(N)C[C@@H]1/C(=C\OC)C(=O)OC. The highest BCUT2D eigenvalue weighted by atomic mass is 16.5. The van der Waals surface area contributed by atoms with E-state index in [4.69, 9.17) is 19.9 Å². The molecule has 30 heavy (non-hydrogen) atoms. The van der Waals surface area contributed by atoms with Gasteiger partial charge in [-0.1, -0.05) is 19.4 Å². The Kier molecular flexibility index (Phi) is 5.51. The average molecular weight is 414 g/mol. The van der Waals surface area contributed by atoms with E-state index in [0.717, 1.165) is 48.3 Å². The van der Waals surface area contributed by atoms with Crippen molar-refractivity contribution in [1.29, 1.82) is 0 Å². The second-order valence-corrected chi connectivity index (χ2v) is 8.26. The number of fused-ring (bicyclic) bond motifs is 5. The van der Waals surface area contributed by atoms with Gasteiger partial charge in [-0.15, -0.1) is 0 Å². The number of nitrogens with two attached hydrogens (primary N) is 1. The molecule has 2 aliphatic heterocycles. The lowest BCUT2D eigenvalue weighted by Crippen LogP contribution is -2.63. The number of rotatable bonds is 5. The van der Waals surface area contributed by atoms with E-state index in [0.29, 0.717) is 17.9 Å². The van der Waals surface area contributed by atoms with Gasteiger partial charge in [0.25, 0.3) is 0 Å². The van der Waals surface area contributed by atoms with Crippen LogP contribution < -0.4 is 10.5 Å². The Morgan fingerprint density at radius 3 is 2.83 bits per heavy atom. The summed E-state index contributed by atoms with van der Waals surface area (Å²) in [5.74, 6) is 0.743. The van der Waals surface area contributed by atoms with E-state index in [1.54, 1.807) is 14.2 Å². The standard InChI is InChI=1S/C23H31N3O4/c1-5-14-12-26-10-9-15-20-18(7-6-8-19(20)29-3)25-21(15)23(26,24)11-16(14)17(13-28-2)22(27)30-4/h6-8,13-14,16,25H,5,9-12,24H2,1-4H3/b17-13+/t14-,16+,23+/m1/s1. The highest BCUT2D eigenvalue weighted by Crippen LogP contribution is 2.48. The van der Waals surface area contributed by atoms with Crippen molar-refractivity contribution in [1.82, 2.24) is 9.88 Å². The summed E-state index contributed by atoms with van der Waals surface area (Å²) >= 11 is 0. The minimum atomic E-state index is -0.700. The maximum Gasteiger partial charge on any atom is 0.337 e. The molecule has 3 N–H and O–H groups in total. The topological polar surface area (TPSA) is 89.8 Å². The number of hydrogen-bond donors (Lipinski definition) is 2. The van der Waals surface area contributed by atoms with Crippen molar-refractivity contribution in [2.24, 2.45) is 17.6 Å². The molecular weight excluding hydrogens is 382 g/mol. The summed E-state index contributed by atoms with van der Waals surface area (Å²) in [5.41, 5.74) is 10.3. The van der Waals surface area contributed by atoms with Crippen LogP contribution in [-0.2, 0) is 26.4 Å². The number of aromatic amines is 1. The van der Waals surface area contributed by atoms with Crippen LogP contribution in [0.25, 0.3) is 10.9 Å². The number of methoxy groups -OCH3 is 3. The Morgan fingerprint density at radius 2 is 2.17 bits per heavy atom. The largest absolute Gasteiger partial charge is 0.504 e. The van der Waals surface area contributed by atoms with Gasteiger partial charge >= 0.3 is 5.97 Å². The Labute approximate surface area is 177 Å². The molecule has 1 aromatic carbocycles. The van der Waals surface area contributed by atoms with Crippen molar-refractivity contribution in [3.05, 3.63) is 41.3 Å². The van der Waals surface area contributed by atoms with Crippen LogP contribution in [0.1, 0.15) is 31.0 Å². The van der Waals surface area contributed by atoms with Gasteiger partial charge in [0.15, 0.2) is 0 Å². The van der Waals surface area contributed by atoms with Crippen molar-refractivity contribution in [2.75, 3.05) is 34.4 Å². The number of aromatic nitrogens is 1. The number of carbonyl (C=O) groups excluding carboxylic acids is 1. The first-order valence-electron chi connectivity index (χ1n) is 10.5. The fourth-order valence-corrected chi connectivity index (χ4v) is 5.38. The number of nitrogens with zero attached hydrogens (tertiary/aromatic N) is 1. The second-order valence-electron chi connectivity index (χ2n) is 8.26. The maximum absolute atomic E-state index is 12.5. The first-order chi connectivity index (χ1) is 14.5. The van der Waals surface area contributed by atoms with Gasteiger partial charge in [0.1, 0.15) is 11.4 Å². The Hall–Kier alpha value is -2.51. The van der Waals surface area contributed by atoms with Gasteiger partial charge in [-0.05, 0) is 36.5 Å². The summed E-state index contributed by atoms with van der Waals surface area (Å²) in [5, 5.41) is 1.11. The minimum absolute atomic E-state index is 0.0529. The Balaban J connectivity index is 1.82. The predicted octanol–water partition coefficient (Wildman–Crippen LogP) is 2.90. The highest BCUT2D eigenvalue weighted by Gasteiger charge is 2.50. The van der Waals surface area contributed by atoms with Gasteiger partial charge in [-0.2, -0.15) is 0 Å². The number of piperidine rings is 1. The van der Waals surface area contributed by atoms with Gasteiger partial charge in [-0.25, -0.2) is 4.79 Å². The zero-order chi connectivity index (χ0) is 21.5. The van der Waals surface area contributed by atoms with E-state index in [9.17, 15) is 4.79 Å². The molecule has 4 rings (SSSR count). The smallest absolute Gasteiger partial charge is 0.337 e. The highest BCUT2D eigenvalue weighted by molar-refractivity contribution is 5.91. The molecule has 3 atom stereocenters. The molecule has 7 nitrogen and oxygen atoms in total. The van der Waals surface area contributed by atoms with Gasteiger partial charge in [-0.3, -0.25) is 4.90 Å². The van der Waals surface area contributed by atoms with Crippen LogP contribution in [0.5, 0.6) is 5.75 Å². The van der Waals surface area contributed by atoms with E-state index in [1.807, 2.05) is 12.1 Å². The molecule has 1 fully saturated rings. The lowest BCUT2D eigenvalue weighted by atomic mass is 9.71. The van der Waals surface area contributed by atoms with Crippen LogP contribution in [0.15, 0.2) is 30.0 Å². The average Bonchev–Trinajstić information content (AvgIpc) is 3.16. The summed E-state index contributed by atoms with van der Waals surface area (Å²) in [6.45, 7) is 3.85. The van der Waals surface area contributed by atoms with Crippen LogP contribution in [-0.4, -0.2) is 50.3 Å². The van der Waals surface area contributed by atoms with Crippen molar-refractivity contribution in [3.63, 3.8) is 0 Å². The van der Waals surface area contributed by atoms with Crippen LogP contribution in [0.3, 0.4) is 0 Å². The molecule has 2 aromatic rings. The molecule has 1 aromatic heterocycles.